The fourth-order valence-electron chi connectivity index (χ4n) is 3.97. The SMILES string of the molecule is COc1cc2nc(-c3ccc(OCc4ccccc4)cc3)nc(N)c2cc1CCCNCCS(C)(=O)=O. The number of hydrogen-bond donors (Lipinski definition) is 2. The van der Waals surface area contributed by atoms with Crippen molar-refractivity contribution in [2.75, 3.05) is 37.9 Å². The van der Waals surface area contributed by atoms with Crippen LogP contribution >= 0.6 is 0 Å². The molecule has 0 aliphatic carbocycles. The largest absolute Gasteiger partial charge is 0.496 e. The molecule has 1 aromatic heterocycles. The van der Waals surface area contributed by atoms with Crippen molar-refractivity contribution in [3.63, 3.8) is 0 Å². The molecule has 0 aliphatic rings. The maximum Gasteiger partial charge on any atom is 0.162 e. The summed E-state index contributed by atoms with van der Waals surface area (Å²) in [6.07, 6.45) is 2.81. The van der Waals surface area contributed by atoms with Gasteiger partial charge in [0.15, 0.2) is 5.82 Å². The summed E-state index contributed by atoms with van der Waals surface area (Å²) in [5.41, 5.74) is 10.00. The molecular weight excluding hydrogens is 488 g/mol. The van der Waals surface area contributed by atoms with Crippen LogP contribution in [0.15, 0.2) is 66.7 Å². The van der Waals surface area contributed by atoms with Crippen LogP contribution in [0, 0.1) is 0 Å². The van der Waals surface area contributed by atoms with E-state index in [0.717, 1.165) is 46.4 Å². The van der Waals surface area contributed by atoms with Crippen LogP contribution < -0.4 is 20.5 Å². The average molecular weight is 521 g/mol. The summed E-state index contributed by atoms with van der Waals surface area (Å²) in [6, 6.07) is 21.5. The van der Waals surface area contributed by atoms with Gasteiger partial charge in [-0.25, -0.2) is 18.4 Å². The Kier molecular flexibility index (Phi) is 8.58. The van der Waals surface area contributed by atoms with Crippen molar-refractivity contribution in [3.8, 4) is 22.9 Å². The monoisotopic (exact) mass is 520 g/mol. The third-order valence-electron chi connectivity index (χ3n) is 5.94. The maximum absolute atomic E-state index is 11.2. The van der Waals surface area contributed by atoms with E-state index >= 15 is 0 Å². The molecule has 37 heavy (non-hydrogen) atoms. The lowest BCUT2D eigenvalue weighted by Crippen LogP contribution is -2.23. The Morgan fingerprint density at radius 1 is 0.973 bits per heavy atom. The van der Waals surface area contributed by atoms with E-state index in [-0.39, 0.29) is 5.75 Å². The number of ether oxygens (including phenoxy) is 2. The summed E-state index contributed by atoms with van der Waals surface area (Å²) >= 11 is 0. The molecule has 0 spiro atoms. The van der Waals surface area contributed by atoms with Crippen molar-refractivity contribution in [1.82, 2.24) is 15.3 Å². The molecule has 1 heterocycles. The molecule has 4 aromatic rings. The van der Waals surface area contributed by atoms with E-state index in [2.05, 4.69) is 10.3 Å². The number of nitrogens with zero attached hydrogens (tertiary/aromatic N) is 2. The number of benzene rings is 3. The first-order valence-electron chi connectivity index (χ1n) is 12.1. The summed E-state index contributed by atoms with van der Waals surface area (Å²) in [4.78, 5) is 9.29. The molecule has 0 unspecified atom stereocenters. The first kappa shape index (κ1) is 26.4. The van der Waals surface area contributed by atoms with Gasteiger partial charge in [0.1, 0.15) is 33.8 Å². The highest BCUT2D eigenvalue weighted by molar-refractivity contribution is 7.90. The predicted molar refractivity (Wildman–Crippen MR) is 148 cm³/mol. The Bertz CT molecular complexity index is 1440. The first-order valence-corrected chi connectivity index (χ1v) is 14.2. The molecule has 194 valence electrons. The van der Waals surface area contributed by atoms with Crippen molar-refractivity contribution < 1.29 is 17.9 Å². The molecule has 0 bridgehead atoms. The van der Waals surface area contributed by atoms with Gasteiger partial charge in [-0.3, -0.25) is 0 Å². The fraction of sp³-hybridized carbons (Fsp3) is 0.286. The van der Waals surface area contributed by atoms with Gasteiger partial charge in [0.25, 0.3) is 0 Å². The Balaban J connectivity index is 1.44. The number of methoxy groups -OCH3 is 1. The number of nitrogen functional groups attached to an aromatic ring is 1. The number of nitrogens with two attached hydrogens (primary N) is 1. The van der Waals surface area contributed by atoms with Crippen LogP contribution in [0.3, 0.4) is 0 Å². The standard InChI is InChI=1S/C28H32N4O4S/c1-35-26-18-25-24(17-22(26)9-6-14-30-15-16-37(2,33)34)27(29)32-28(31-25)21-10-12-23(13-11-21)36-19-20-7-4-3-5-8-20/h3-5,7-8,10-13,17-18,30H,6,9,14-16,19H2,1-2H3,(H2,29,31,32). The molecule has 0 aliphatic heterocycles. The minimum absolute atomic E-state index is 0.131. The second-order valence-electron chi connectivity index (χ2n) is 8.90. The Morgan fingerprint density at radius 2 is 1.73 bits per heavy atom. The predicted octanol–water partition coefficient (Wildman–Crippen LogP) is 4.03. The van der Waals surface area contributed by atoms with Crippen LogP contribution in [-0.4, -0.2) is 50.6 Å². The van der Waals surface area contributed by atoms with Crippen LogP contribution in [-0.2, 0) is 22.9 Å². The number of anilines is 1. The molecule has 3 aromatic carbocycles. The summed E-state index contributed by atoms with van der Waals surface area (Å²) in [5.74, 6) is 2.56. The third kappa shape index (κ3) is 7.41. The zero-order chi connectivity index (χ0) is 26.3. The summed E-state index contributed by atoms with van der Waals surface area (Å²) in [7, 11) is -1.33. The molecule has 0 radical (unpaired) electrons. The Labute approximate surface area is 217 Å². The van der Waals surface area contributed by atoms with E-state index in [9.17, 15) is 8.42 Å². The minimum Gasteiger partial charge on any atom is -0.496 e. The number of aromatic nitrogens is 2. The highest BCUT2D eigenvalue weighted by atomic mass is 32.2. The number of hydrogen-bond acceptors (Lipinski definition) is 8. The third-order valence-corrected chi connectivity index (χ3v) is 6.88. The number of sulfone groups is 1. The fourth-order valence-corrected chi connectivity index (χ4v) is 4.48. The summed E-state index contributed by atoms with van der Waals surface area (Å²) in [6.45, 7) is 1.64. The minimum atomic E-state index is -2.96. The van der Waals surface area contributed by atoms with E-state index in [1.807, 2.05) is 66.7 Å². The maximum atomic E-state index is 11.2. The Morgan fingerprint density at radius 3 is 2.43 bits per heavy atom. The second kappa shape index (κ2) is 12.0. The number of nitrogens with one attached hydrogen (secondary N) is 1. The number of aryl methyl sites for hydroxylation is 1. The van der Waals surface area contributed by atoms with Gasteiger partial charge in [-0.2, -0.15) is 0 Å². The van der Waals surface area contributed by atoms with Gasteiger partial charge in [-0.05, 0) is 60.8 Å². The molecule has 0 amide bonds. The van der Waals surface area contributed by atoms with Gasteiger partial charge in [0, 0.05) is 29.8 Å². The van der Waals surface area contributed by atoms with Crippen molar-refractivity contribution in [2.45, 2.75) is 19.4 Å². The molecule has 0 atom stereocenters. The molecule has 4 rings (SSSR count). The normalized spacial score (nSPS) is 11.5. The zero-order valence-electron chi connectivity index (χ0n) is 21.1. The zero-order valence-corrected chi connectivity index (χ0v) is 21.9. The lowest BCUT2D eigenvalue weighted by atomic mass is 10.0. The van der Waals surface area contributed by atoms with Crippen LogP contribution in [0.1, 0.15) is 17.5 Å². The van der Waals surface area contributed by atoms with Crippen LogP contribution in [0.5, 0.6) is 11.5 Å². The van der Waals surface area contributed by atoms with Gasteiger partial charge in [0.05, 0.1) is 18.4 Å². The van der Waals surface area contributed by atoms with Crippen molar-refractivity contribution in [2.24, 2.45) is 0 Å². The quantitative estimate of drug-likeness (QED) is 0.269. The Hall–Kier alpha value is -3.69. The summed E-state index contributed by atoms with van der Waals surface area (Å²) < 4.78 is 34.0. The first-order chi connectivity index (χ1) is 17.8. The van der Waals surface area contributed by atoms with Crippen molar-refractivity contribution in [1.29, 1.82) is 0 Å². The molecular formula is C28H32N4O4S. The highest BCUT2D eigenvalue weighted by Crippen LogP contribution is 2.31. The topological polar surface area (TPSA) is 116 Å². The lowest BCUT2D eigenvalue weighted by Gasteiger charge is -2.13. The lowest BCUT2D eigenvalue weighted by molar-refractivity contribution is 0.306. The van der Waals surface area contributed by atoms with E-state index < -0.39 is 9.84 Å². The highest BCUT2D eigenvalue weighted by Gasteiger charge is 2.13. The van der Waals surface area contributed by atoms with E-state index in [1.165, 1.54) is 6.26 Å². The van der Waals surface area contributed by atoms with Gasteiger partial charge in [-0.15, -0.1) is 0 Å². The molecule has 0 saturated carbocycles. The van der Waals surface area contributed by atoms with Crippen LogP contribution in [0.4, 0.5) is 5.82 Å². The second-order valence-corrected chi connectivity index (χ2v) is 11.2. The van der Waals surface area contributed by atoms with Crippen molar-refractivity contribution in [3.05, 3.63) is 77.9 Å². The smallest absolute Gasteiger partial charge is 0.162 e. The van der Waals surface area contributed by atoms with E-state index in [0.29, 0.717) is 36.9 Å². The van der Waals surface area contributed by atoms with Crippen LogP contribution in [0.25, 0.3) is 22.3 Å². The van der Waals surface area contributed by atoms with Gasteiger partial charge in [-0.1, -0.05) is 30.3 Å². The van der Waals surface area contributed by atoms with Crippen molar-refractivity contribution >= 4 is 26.6 Å². The molecule has 8 nitrogen and oxygen atoms in total. The molecule has 9 heteroatoms. The van der Waals surface area contributed by atoms with Crippen LogP contribution in [0.2, 0.25) is 0 Å². The molecule has 0 saturated heterocycles. The van der Waals surface area contributed by atoms with E-state index in [1.54, 1.807) is 7.11 Å². The number of fused-ring (bicyclic) bond motifs is 1. The van der Waals surface area contributed by atoms with E-state index in [4.69, 9.17) is 20.2 Å². The number of rotatable bonds is 12. The van der Waals surface area contributed by atoms with Gasteiger partial charge < -0.3 is 20.5 Å². The average Bonchev–Trinajstić information content (AvgIpc) is 2.89. The van der Waals surface area contributed by atoms with Gasteiger partial charge >= 0.3 is 0 Å². The molecule has 0 fully saturated rings. The van der Waals surface area contributed by atoms with Gasteiger partial charge in [0.2, 0.25) is 0 Å². The molecule has 3 N–H and O–H groups in total. The summed E-state index contributed by atoms with van der Waals surface area (Å²) in [5, 5.41) is 3.94.